The van der Waals surface area contributed by atoms with Gasteiger partial charge in [-0.15, -0.1) is 0 Å². The van der Waals surface area contributed by atoms with Crippen molar-refractivity contribution in [3.8, 4) is 17.1 Å². The van der Waals surface area contributed by atoms with Crippen molar-refractivity contribution in [2.45, 2.75) is 0 Å². The number of hydrogen-bond acceptors (Lipinski definition) is 9. The van der Waals surface area contributed by atoms with Crippen LogP contribution in [0.15, 0.2) is 284 Å². The van der Waals surface area contributed by atoms with Crippen LogP contribution in [0.4, 0.5) is 0 Å². The van der Waals surface area contributed by atoms with E-state index in [0.717, 1.165) is 0 Å². The van der Waals surface area contributed by atoms with E-state index < -0.39 is 33.4 Å². The fourth-order valence-corrected chi connectivity index (χ4v) is 10.8. The van der Waals surface area contributed by atoms with E-state index in [-0.39, 0.29) is 32.3 Å². The van der Waals surface area contributed by atoms with E-state index in [1.165, 1.54) is 63.8 Å². The lowest BCUT2D eigenvalue weighted by Crippen LogP contribution is -2.20. The Morgan fingerprint density at radius 3 is 0.667 bits per heavy atom. The number of aryl methyl sites for hydroxylation is 3. The van der Waals surface area contributed by atoms with Gasteiger partial charge in [-0.2, -0.15) is 0 Å². The molecule has 18 bridgehead atoms. The maximum absolute atomic E-state index is 15.8. The first-order valence-corrected chi connectivity index (χ1v) is 27.9. The van der Waals surface area contributed by atoms with E-state index in [1.54, 1.807) is 113 Å². The van der Waals surface area contributed by atoms with Crippen LogP contribution in [-0.4, -0.2) is 42.4 Å². The van der Waals surface area contributed by atoms with E-state index >= 15 is 14.4 Å². The second-order valence-electron chi connectivity index (χ2n) is 21.0. The fraction of sp³-hybridized carbons (Fsp3) is 0.0417. The summed E-state index contributed by atoms with van der Waals surface area (Å²) >= 11 is 0. The zero-order valence-electron chi connectivity index (χ0n) is 47.2. The van der Waals surface area contributed by atoms with E-state index in [9.17, 15) is 14.4 Å². The van der Waals surface area contributed by atoms with Gasteiger partial charge in [-0.25, -0.2) is 0 Å². The van der Waals surface area contributed by atoms with E-state index in [4.69, 9.17) is 15.0 Å². The molecule has 0 N–H and O–H groups in total. The molecule has 0 unspecified atom stereocenters. The number of aromatic nitrogens is 9. The summed E-state index contributed by atoms with van der Waals surface area (Å²) in [5, 5.41) is 2.44. The molecule has 0 aliphatic heterocycles. The van der Waals surface area contributed by atoms with E-state index in [0.29, 0.717) is 82.9 Å². The molecular weight excluding hydrogens is 1090 g/mol. The summed E-state index contributed by atoms with van der Waals surface area (Å²) in [6.45, 7) is 0. The second kappa shape index (κ2) is 22.6. The molecule has 0 atom stereocenters. The van der Waals surface area contributed by atoms with Crippen molar-refractivity contribution in [1.29, 1.82) is 0 Å². The van der Waals surface area contributed by atoms with Crippen molar-refractivity contribution in [2.75, 3.05) is 0 Å². The van der Waals surface area contributed by atoms with Crippen LogP contribution < -0.4 is 33.4 Å². The Bertz CT molecular complexity index is 5060. The SMILES string of the molecule is Cn1c(=O)c2cc3cc(c2)c(=O)n(C)c2ccc(nc2)c2ccc(cc2)n(-c2ccccc2)c(=O)c2cc(cc(c2)c(=O)n(-c2ccccc2)c2ccc(cc2)c2ccc(cn2)n(C)c3=O)c(=O)n(-c2ccccc2)c2ccc(cc2)c2ccc1cn2. The molecule has 15 heteroatoms. The van der Waals surface area contributed by atoms with Crippen molar-refractivity contribution < 1.29 is 0 Å². The quantitative estimate of drug-likeness (QED) is 0.167. The molecule has 0 saturated carbocycles. The highest BCUT2D eigenvalue weighted by Crippen LogP contribution is 2.21. The van der Waals surface area contributed by atoms with Gasteiger partial charge in [-0.05, 0) is 146 Å². The Balaban J connectivity index is 1.28. The zero-order chi connectivity index (χ0) is 59.9. The van der Waals surface area contributed by atoms with Crippen molar-refractivity contribution in [2.24, 2.45) is 21.1 Å². The van der Waals surface area contributed by atoms with Gasteiger partial charge < -0.3 is 13.7 Å². The van der Waals surface area contributed by atoms with Crippen LogP contribution >= 0.6 is 0 Å². The Labute approximate surface area is 493 Å². The Morgan fingerprint density at radius 1 is 0.230 bits per heavy atom. The maximum Gasteiger partial charge on any atom is 0.262 e. The highest BCUT2D eigenvalue weighted by Gasteiger charge is 2.12. The Morgan fingerprint density at radius 2 is 0.448 bits per heavy atom. The van der Waals surface area contributed by atoms with Gasteiger partial charge in [0.25, 0.3) is 33.4 Å². The van der Waals surface area contributed by atoms with Gasteiger partial charge in [-0.3, -0.25) is 57.4 Å². The molecular formula is C72H51N9O6. The highest BCUT2D eigenvalue weighted by molar-refractivity contribution is 5.85. The molecule has 24 heterocycles. The molecule has 0 radical (unpaired) electrons. The number of pyridine rings is 3. The number of para-hydroxylation sites is 3. The molecule has 15 nitrogen and oxygen atoms in total. The lowest BCUT2D eigenvalue weighted by Gasteiger charge is -2.09. The molecule has 0 amide bonds. The average molecular weight is 1140 g/mol. The van der Waals surface area contributed by atoms with Gasteiger partial charge in [0, 0.05) is 103 Å². The number of benzene rings is 8. The third kappa shape index (κ3) is 10.4. The predicted molar refractivity (Wildman–Crippen MR) is 349 cm³/mol. The maximum atomic E-state index is 15.8. The Hall–Kier alpha value is -12.0. The van der Waals surface area contributed by atoms with Crippen LogP contribution in [0.5, 0.6) is 0 Å². The molecule has 0 fully saturated rings. The summed E-state index contributed by atoms with van der Waals surface area (Å²) in [6.07, 6.45) is 4.67. The molecule has 8 aromatic carbocycles. The van der Waals surface area contributed by atoms with E-state index in [2.05, 4.69) is 0 Å². The lowest BCUT2D eigenvalue weighted by molar-refractivity contribution is 0.908. The molecule has 24 aromatic heterocycles. The summed E-state index contributed by atoms with van der Waals surface area (Å²) < 4.78 is 8.81. The third-order valence-electron chi connectivity index (χ3n) is 15.6. The standard InChI is InChI=1S/C72H51N9O6/c1-76-61-31-34-64(73-43-61)46-19-25-58(26-20-46)79(55-13-7-4-8-14-55)70(85)52-40-53-42-54(41-52)72(87)81(57-17-11-6-12-18-57)60-29-23-48(24-30-60)66-36-33-63(45-75-66)78(3)69(84)51-38-49(67(76)82)37-50(39-51)68(83)77(2)62-32-35-65(74-44-62)47-21-27-59(28-22-47)80(71(53)86)56-15-9-5-10-16-56/h4-45H,1-3H3. The largest absolute Gasteiger partial charge is 0.310 e. The van der Waals surface area contributed by atoms with Crippen LogP contribution in [0.3, 0.4) is 0 Å². The van der Waals surface area contributed by atoms with Crippen molar-refractivity contribution in [1.82, 2.24) is 42.4 Å². The third-order valence-corrected chi connectivity index (χ3v) is 15.6. The number of nitrogens with zero attached hydrogens (tertiary/aromatic N) is 9. The lowest BCUT2D eigenvalue weighted by atomic mass is 10.1. The minimum Gasteiger partial charge on any atom is -0.310 e. The van der Waals surface area contributed by atoms with Crippen LogP contribution in [0, 0.1) is 0 Å². The fourth-order valence-electron chi connectivity index (χ4n) is 10.8. The van der Waals surface area contributed by atoms with Crippen LogP contribution in [0.2, 0.25) is 0 Å². The van der Waals surface area contributed by atoms with Gasteiger partial charge in [0.05, 0.1) is 51.7 Å². The van der Waals surface area contributed by atoms with Crippen LogP contribution in [-0.2, 0) is 21.1 Å². The molecule has 420 valence electrons. The average Bonchev–Trinajstić information content (AvgIpc) is 2.11. The van der Waals surface area contributed by atoms with Crippen molar-refractivity contribution in [3.05, 3.63) is 317 Å². The molecule has 0 saturated heterocycles. The zero-order valence-corrected chi connectivity index (χ0v) is 47.2. The number of hydrogen-bond donors (Lipinski definition) is 0. The van der Waals surface area contributed by atoms with Crippen LogP contribution in [0.25, 0.3) is 115 Å². The van der Waals surface area contributed by atoms with Crippen molar-refractivity contribution >= 4 is 98.1 Å². The molecule has 0 aliphatic rings. The van der Waals surface area contributed by atoms with Crippen molar-refractivity contribution in [3.63, 3.8) is 0 Å². The minimum atomic E-state index is -0.529. The first-order valence-electron chi connectivity index (χ1n) is 27.9. The molecule has 32 aromatic rings. The van der Waals surface area contributed by atoms with Gasteiger partial charge in [0.1, 0.15) is 0 Å². The summed E-state index contributed by atoms with van der Waals surface area (Å²) in [5.41, 5.74) is 2.83. The monoisotopic (exact) mass is 1140 g/mol. The summed E-state index contributed by atoms with van der Waals surface area (Å²) in [5.74, 6) is 0. The van der Waals surface area contributed by atoms with Gasteiger partial charge in [0.15, 0.2) is 0 Å². The predicted octanol–water partition coefficient (Wildman–Crippen LogP) is 11.9. The summed E-state index contributed by atoms with van der Waals surface area (Å²) in [4.78, 5) is 106. The van der Waals surface area contributed by atoms with Gasteiger partial charge in [0.2, 0.25) is 0 Å². The summed E-state index contributed by atoms with van der Waals surface area (Å²) in [7, 11) is 4.77. The van der Waals surface area contributed by atoms with E-state index in [1.807, 2.05) is 127 Å². The molecule has 87 heavy (non-hydrogen) atoms. The minimum absolute atomic E-state index is 0.0470. The first-order chi connectivity index (χ1) is 42.3. The molecule has 32 rings (SSSR count). The first kappa shape index (κ1) is 54.3. The molecule has 0 spiro atoms. The Kier molecular flexibility index (Phi) is 14.1. The second-order valence-corrected chi connectivity index (χ2v) is 21.0. The topological polar surface area (TPSA) is 171 Å². The number of rotatable bonds is 3. The van der Waals surface area contributed by atoms with Gasteiger partial charge in [-0.1, -0.05) is 91.0 Å². The van der Waals surface area contributed by atoms with Gasteiger partial charge >= 0.3 is 0 Å². The van der Waals surface area contributed by atoms with Crippen LogP contribution in [0.1, 0.15) is 0 Å². The summed E-state index contributed by atoms with van der Waals surface area (Å²) in [6, 6.07) is 68.6. The highest BCUT2D eigenvalue weighted by atomic mass is 16.2. The molecule has 0 aliphatic carbocycles. The smallest absolute Gasteiger partial charge is 0.262 e. The normalized spacial score (nSPS) is 11.2.